The summed E-state index contributed by atoms with van der Waals surface area (Å²) in [5, 5.41) is 11.8. The van der Waals surface area contributed by atoms with Gasteiger partial charge in [0.2, 0.25) is 0 Å². The Morgan fingerprint density at radius 1 is 1.26 bits per heavy atom. The predicted octanol–water partition coefficient (Wildman–Crippen LogP) is 3.80. The van der Waals surface area contributed by atoms with Gasteiger partial charge in [0.25, 0.3) is 5.91 Å². The SMILES string of the molecule is COc1ccc(C)cc1N=C1NC(=O)/C(=C/c2ccc(OCC#N)cc2)S1. The molecule has 1 saturated heterocycles. The molecule has 0 radical (unpaired) electrons. The largest absolute Gasteiger partial charge is 0.494 e. The normalized spacial score (nSPS) is 16.3. The maximum Gasteiger partial charge on any atom is 0.264 e. The zero-order chi connectivity index (χ0) is 19.2. The number of carbonyl (C=O) groups is 1. The van der Waals surface area contributed by atoms with Gasteiger partial charge in [-0.2, -0.15) is 5.26 Å². The summed E-state index contributed by atoms with van der Waals surface area (Å²) in [5.74, 6) is 1.06. The first-order valence-electron chi connectivity index (χ1n) is 8.13. The number of nitriles is 1. The zero-order valence-corrected chi connectivity index (χ0v) is 15.7. The van der Waals surface area contributed by atoms with Gasteiger partial charge >= 0.3 is 0 Å². The number of carbonyl (C=O) groups excluding carboxylic acids is 1. The smallest absolute Gasteiger partial charge is 0.264 e. The van der Waals surface area contributed by atoms with E-state index in [2.05, 4.69) is 10.3 Å². The van der Waals surface area contributed by atoms with Gasteiger partial charge in [-0.15, -0.1) is 0 Å². The van der Waals surface area contributed by atoms with Crippen molar-refractivity contribution in [2.75, 3.05) is 13.7 Å². The first-order chi connectivity index (χ1) is 13.1. The molecule has 0 saturated carbocycles. The number of nitrogens with zero attached hydrogens (tertiary/aromatic N) is 2. The Labute approximate surface area is 161 Å². The van der Waals surface area contributed by atoms with Crippen molar-refractivity contribution in [1.29, 1.82) is 5.26 Å². The molecule has 3 rings (SSSR count). The molecular formula is C20H17N3O3S. The number of hydrogen-bond acceptors (Lipinski definition) is 6. The lowest BCUT2D eigenvalue weighted by Gasteiger charge is -2.05. The fraction of sp³-hybridized carbons (Fsp3) is 0.150. The van der Waals surface area contributed by atoms with Gasteiger partial charge in [0.15, 0.2) is 11.8 Å². The molecule has 0 unspecified atom stereocenters. The zero-order valence-electron chi connectivity index (χ0n) is 14.9. The maximum atomic E-state index is 12.2. The average Bonchev–Trinajstić information content (AvgIpc) is 3.00. The third kappa shape index (κ3) is 4.68. The number of benzene rings is 2. The first kappa shape index (κ1) is 18.5. The Bertz CT molecular complexity index is 959. The van der Waals surface area contributed by atoms with Crippen LogP contribution in [0.3, 0.4) is 0 Å². The minimum Gasteiger partial charge on any atom is -0.494 e. The summed E-state index contributed by atoms with van der Waals surface area (Å²) in [5.41, 5.74) is 2.57. The van der Waals surface area contributed by atoms with Crippen molar-refractivity contribution in [3.8, 4) is 17.6 Å². The van der Waals surface area contributed by atoms with Crippen molar-refractivity contribution in [2.24, 2.45) is 4.99 Å². The molecule has 2 aromatic rings. The van der Waals surface area contributed by atoms with Gasteiger partial charge in [-0.3, -0.25) is 4.79 Å². The summed E-state index contributed by atoms with van der Waals surface area (Å²) in [6.07, 6.45) is 1.78. The molecule has 7 heteroatoms. The molecule has 2 aromatic carbocycles. The summed E-state index contributed by atoms with van der Waals surface area (Å²) in [6, 6.07) is 14.8. The van der Waals surface area contributed by atoms with Crippen LogP contribution in [0.25, 0.3) is 6.08 Å². The van der Waals surface area contributed by atoms with Gasteiger partial charge in [-0.05, 0) is 60.2 Å². The number of methoxy groups -OCH3 is 1. The van der Waals surface area contributed by atoms with Crippen LogP contribution in [0.2, 0.25) is 0 Å². The molecule has 27 heavy (non-hydrogen) atoms. The minimum absolute atomic E-state index is 0.000933. The van der Waals surface area contributed by atoms with Crippen LogP contribution in [0.5, 0.6) is 11.5 Å². The molecular weight excluding hydrogens is 362 g/mol. The number of hydrogen-bond donors (Lipinski definition) is 1. The van der Waals surface area contributed by atoms with Crippen LogP contribution >= 0.6 is 11.8 Å². The van der Waals surface area contributed by atoms with E-state index < -0.39 is 0 Å². The molecule has 0 aromatic heterocycles. The van der Waals surface area contributed by atoms with E-state index in [0.29, 0.717) is 27.3 Å². The number of ether oxygens (including phenoxy) is 2. The Morgan fingerprint density at radius 3 is 2.74 bits per heavy atom. The third-order valence-electron chi connectivity index (χ3n) is 3.69. The van der Waals surface area contributed by atoms with Gasteiger partial charge in [0.1, 0.15) is 23.3 Å². The number of aliphatic imine (C=N–C) groups is 1. The van der Waals surface area contributed by atoms with Crippen molar-refractivity contribution >= 4 is 34.6 Å². The number of nitrogens with one attached hydrogen (secondary N) is 1. The lowest BCUT2D eigenvalue weighted by atomic mass is 10.2. The van der Waals surface area contributed by atoms with Crippen LogP contribution < -0.4 is 14.8 Å². The summed E-state index contributed by atoms with van der Waals surface area (Å²) >= 11 is 1.27. The van der Waals surface area contributed by atoms with E-state index >= 15 is 0 Å². The van der Waals surface area contributed by atoms with Gasteiger partial charge in [-0.1, -0.05) is 18.2 Å². The molecule has 1 aliphatic rings. The topological polar surface area (TPSA) is 83.7 Å². The van der Waals surface area contributed by atoms with Gasteiger partial charge in [0, 0.05) is 0 Å². The van der Waals surface area contributed by atoms with E-state index in [9.17, 15) is 4.79 Å². The average molecular weight is 379 g/mol. The lowest BCUT2D eigenvalue weighted by molar-refractivity contribution is -0.115. The Morgan fingerprint density at radius 2 is 2.04 bits per heavy atom. The number of thioether (sulfide) groups is 1. The Balaban J connectivity index is 1.78. The number of aryl methyl sites for hydroxylation is 1. The molecule has 1 N–H and O–H groups in total. The summed E-state index contributed by atoms with van der Waals surface area (Å²) in [7, 11) is 1.59. The number of amidine groups is 1. The predicted molar refractivity (Wildman–Crippen MR) is 106 cm³/mol. The maximum absolute atomic E-state index is 12.2. The van der Waals surface area contributed by atoms with Crippen LogP contribution in [0.15, 0.2) is 52.4 Å². The molecule has 1 aliphatic heterocycles. The molecule has 6 nitrogen and oxygen atoms in total. The third-order valence-corrected chi connectivity index (χ3v) is 4.60. The van der Waals surface area contributed by atoms with E-state index in [-0.39, 0.29) is 12.5 Å². The summed E-state index contributed by atoms with van der Waals surface area (Å²) in [4.78, 5) is 17.3. The summed E-state index contributed by atoms with van der Waals surface area (Å²) < 4.78 is 10.5. The second kappa shape index (κ2) is 8.43. The highest BCUT2D eigenvalue weighted by Gasteiger charge is 2.24. The molecule has 136 valence electrons. The van der Waals surface area contributed by atoms with E-state index in [1.165, 1.54) is 11.8 Å². The molecule has 0 spiro atoms. The summed E-state index contributed by atoms with van der Waals surface area (Å²) in [6.45, 7) is 1.97. The van der Waals surface area contributed by atoms with Crippen molar-refractivity contribution < 1.29 is 14.3 Å². The number of amides is 1. The van der Waals surface area contributed by atoms with E-state index in [0.717, 1.165) is 11.1 Å². The van der Waals surface area contributed by atoms with E-state index in [1.54, 1.807) is 25.3 Å². The van der Waals surface area contributed by atoms with Gasteiger partial charge < -0.3 is 14.8 Å². The Hall–Kier alpha value is -3.24. The van der Waals surface area contributed by atoms with Crippen LogP contribution in [0.4, 0.5) is 5.69 Å². The molecule has 1 fully saturated rings. The van der Waals surface area contributed by atoms with Crippen molar-refractivity contribution in [1.82, 2.24) is 5.32 Å². The standard InChI is InChI=1S/C20H17N3O3S/c1-13-3-8-17(25-2)16(11-13)22-20-23-19(24)18(27-20)12-14-4-6-15(7-5-14)26-10-9-21/h3-8,11-12H,10H2,1-2H3,(H,22,23,24)/b18-12-. The number of rotatable bonds is 5. The molecule has 0 atom stereocenters. The fourth-order valence-corrected chi connectivity index (χ4v) is 3.24. The van der Waals surface area contributed by atoms with Crippen molar-refractivity contribution in [3.63, 3.8) is 0 Å². The quantitative estimate of drug-likeness (QED) is 0.799. The van der Waals surface area contributed by atoms with Crippen LogP contribution in [0.1, 0.15) is 11.1 Å². The monoisotopic (exact) mass is 379 g/mol. The highest BCUT2D eigenvalue weighted by molar-refractivity contribution is 8.18. The highest BCUT2D eigenvalue weighted by Crippen LogP contribution is 2.33. The van der Waals surface area contributed by atoms with Crippen LogP contribution in [0, 0.1) is 18.3 Å². The van der Waals surface area contributed by atoms with Crippen LogP contribution in [-0.4, -0.2) is 24.8 Å². The molecule has 1 amide bonds. The molecule has 0 bridgehead atoms. The highest BCUT2D eigenvalue weighted by atomic mass is 32.2. The van der Waals surface area contributed by atoms with Gasteiger partial charge in [0.05, 0.1) is 12.0 Å². The van der Waals surface area contributed by atoms with Crippen molar-refractivity contribution in [2.45, 2.75) is 6.92 Å². The lowest BCUT2D eigenvalue weighted by Crippen LogP contribution is -2.19. The molecule has 1 heterocycles. The molecule has 0 aliphatic carbocycles. The van der Waals surface area contributed by atoms with E-state index in [1.807, 2.05) is 43.3 Å². The van der Waals surface area contributed by atoms with Crippen LogP contribution in [-0.2, 0) is 4.79 Å². The second-order valence-electron chi connectivity index (χ2n) is 5.67. The Kier molecular flexibility index (Phi) is 5.79. The van der Waals surface area contributed by atoms with Gasteiger partial charge in [-0.25, -0.2) is 4.99 Å². The minimum atomic E-state index is -0.199. The van der Waals surface area contributed by atoms with E-state index in [4.69, 9.17) is 14.7 Å². The first-order valence-corrected chi connectivity index (χ1v) is 8.95. The fourth-order valence-electron chi connectivity index (χ4n) is 2.40. The second-order valence-corrected chi connectivity index (χ2v) is 6.70. The van der Waals surface area contributed by atoms with Crippen molar-refractivity contribution in [3.05, 3.63) is 58.5 Å².